The van der Waals surface area contributed by atoms with E-state index in [4.69, 9.17) is 4.74 Å². The molecule has 0 unspecified atom stereocenters. The summed E-state index contributed by atoms with van der Waals surface area (Å²) in [6.45, 7) is 2.75. The maximum atomic E-state index is 11.4. The van der Waals surface area contributed by atoms with Gasteiger partial charge in [0.25, 0.3) is 0 Å². The zero-order chi connectivity index (χ0) is 10.9. The standard InChI is InChI=1S/C12H18O2S/c1-2-3-4-5-6-8-14-12(13)11-7-9-15-10-11/h7,9-10H,2-6,8H2,1H3. The fourth-order valence-electron chi connectivity index (χ4n) is 1.33. The number of rotatable bonds is 7. The minimum Gasteiger partial charge on any atom is -0.462 e. The van der Waals surface area contributed by atoms with Crippen LogP contribution in [-0.4, -0.2) is 12.6 Å². The molecule has 2 nitrogen and oxygen atoms in total. The van der Waals surface area contributed by atoms with Gasteiger partial charge >= 0.3 is 5.97 Å². The van der Waals surface area contributed by atoms with Crippen molar-refractivity contribution < 1.29 is 9.53 Å². The van der Waals surface area contributed by atoms with Gasteiger partial charge < -0.3 is 4.74 Å². The van der Waals surface area contributed by atoms with E-state index in [0.29, 0.717) is 12.2 Å². The summed E-state index contributed by atoms with van der Waals surface area (Å²) in [6, 6.07) is 1.80. The van der Waals surface area contributed by atoms with E-state index in [1.54, 1.807) is 6.07 Å². The number of hydrogen-bond donors (Lipinski definition) is 0. The Hall–Kier alpha value is -0.830. The summed E-state index contributed by atoms with van der Waals surface area (Å²) >= 11 is 1.52. The van der Waals surface area contributed by atoms with Crippen LogP contribution in [0.2, 0.25) is 0 Å². The van der Waals surface area contributed by atoms with Gasteiger partial charge in [0, 0.05) is 5.38 Å². The van der Waals surface area contributed by atoms with Crippen molar-refractivity contribution in [3.05, 3.63) is 22.4 Å². The Morgan fingerprint density at radius 2 is 2.13 bits per heavy atom. The van der Waals surface area contributed by atoms with E-state index in [-0.39, 0.29) is 5.97 Å². The highest BCUT2D eigenvalue weighted by molar-refractivity contribution is 7.08. The summed E-state index contributed by atoms with van der Waals surface area (Å²) < 4.78 is 5.13. The van der Waals surface area contributed by atoms with Gasteiger partial charge in [-0.2, -0.15) is 11.3 Å². The molecule has 0 spiro atoms. The molecule has 0 aromatic carbocycles. The second-order valence-corrected chi connectivity index (χ2v) is 4.34. The van der Waals surface area contributed by atoms with Crippen LogP contribution in [0.4, 0.5) is 0 Å². The van der Waals surface area contributed by atoms with Crippen molar-refractivity contribution in [3.8, 4) is 0 Å². The first-order valence-corrected chi connectivity index (χ1v) is 6.48. The number of carbonyl (C=O) groups is 1. The average molecular weight is 226 g/mol. The second kappa shape index (κ2) is 7.46. The molecule has 0 atom stereocenters. The lowest BCUT2D eigenvalue weighted by molar-refractivity contribution is 0.0498. The lowest BCUT2D eigenvalue weighted by Gasteiger charge is -2.02. The summed E-state index contributed by atoms with van der Waals surface area (Å²) in [5.41, 5.74) is 0.675. The first kappa shape index (κ1) is 12.2. The van der Waals surface area contributed by atoms with Crippen LogP contribution in [0.5, 0.6) is 0 Å². The third kappa shape index (κ3) is 4.98. The highest BCUT2D eigenvalue weighted by atomic mass is 32.1. The number of esters is 1. The normalized spacial score (nSPS) is 10.2. The van der Waals surface area contributed by atoms with Crippen molar-refractivity contribution in [2.75, 3.05) is 6.61 Å². The molecule has 15 heavy (non-hydrogen) atoms. The quantitative estimate of drug-likeness (QED) is 0.521. The average Bonchev–Trinajstić information content (AvgIpc) is 2.76. The van der Waals surface area contributed by atoms with Crippen LogP contribution in [0.15, 0.2) is 16.8 Å². The Kier molecular flexibility index (Phi) is 6.09. The van der Waals surface area contributed by atoms with E-state index in [1.165, 1.54) is 30.6 Å². The smallest absolute Gasteiger partial charge is 0.338 e. The van der Waals surface area contributed by atoms with Crippen molar-refractivity contribution in [1.29, 1.82) is 0 Å². The molecule has 1 aromatic rings. The van der Waals surface area contributed by atoms with Crippen molar-refractivity contribution in [2.24, 2.45) is 0 Å². The molecule has 0 saturated carbocycles. The number of ether oxygens (including phenoxy) is 1. The van der Waals surface area contributed by atoms with Crippen LogP contribution in [0.25, 0.3) is 0 Å². The van der Waals surface area contributed by atoms with Gasteiger partial charge in [-0.3, -0.25) is 0 Å². The summed E-state index contributed by atoms with van der Waals surface area (Å²) in [5, 5.41) is 3.71. The largest absolute Gasteiger partial charge is 0.462 e. The minimum absolute atomic E-state index is 0.188. The molecule has 0 fully saturated rings. The number of hydrogen-bond acceptors (Lipinski definition) is 3. The van der Waals surface area contributed by atoms with Crippen molar-refractivity contribution in [3.63, 3.8) is 0 Å². The van der Waals surface area contributed by atoms with E-state index < -0.39 is 0 Å². The van der Waals surface area contributed by atoms with E-state index in [9.17, 15) is 4.79 Å². The molecule has 0 bridgehead atoms. The number of thiophene rings is 1. The third-order valence-corrected chi connectivity index (χ3v) is 2.92. The fourth-order valence-corrected chi connectivity index (χ4v) is 1.96. The number of unbranched alkanes of at least 4 members (excludes halogenated alkanes) is 4. The molecular formula is C12H18O2S. The molecule has 84 valence electrons. The van der Waals surface area contributed by atoms with Crippen LogP contribution < -0.4 is 0 Å². The summed E-state index contributed by atoms with van der Waals surface area (Å²) in [7, 11) is 0. The molecule has 0 saturated heterocycles. The van der Waals surface area contributed by atoms with Crippen LogP contribution >= 0.6 is 11.3 Å². The first-order valence-electron chi connectivity index (χ1n) is 5.54. The van der Waals surface area contributed by atoms with Crippen molar-refractivity contribution in [2.45, 2.75) is 39.0 Å². The second-order valence-electron chi connectivity index (χ2n) is 3.56. The predicted molar refractivity (Wildman–Crippen MR) is 63.4 cm³/mol. The Balaban J connectivity index is 2.03. The summed E-state index contributed by atoms with van der Waals surface area (Å²) in [4.78, 5) is 11.4. The monoisotopic (exact) mass is 226 g/mol. The summed E-state index contributed by atoms with van der Waals surface area (Å²) in [5.74, 6) is -0.188. The van der Waals surface area contributed by atoms with E-state index in [0.717, 1.165) is 12.8 Å². The lowest BCUT2D eigenvalue weighted by Crippen LogP contribution is -2.05. The predicted octanol–water partition coefficient (Wildman–Crippen LogP) is 3.88. The van der Waals surface area contributed by atoms with Crippen LogP contribution in [0.3, 0.4) is 0 Å². The SMILES string of the molecule is CCCCCCCOC(=O)c1ccsc1. The lowest BCUT2D eigenvalue weighted by atomic mass is 10.2. The molecule has 0 amide bonds. The zero-order valence-electron chi connectivity index (χ0n) is 9.20. The molecule has 0 aliphatic carbocycles. The summed E-state index contributed by atoms with van der Waals surface area (Å²) in [6.07, 6.45) is 5.90. The Morgan fingerprint density at radius 3 is 2.80 bits per heavy atom. The Labute approximate surface area is 95.3 Å². The number of carbonyl (C=O) groups excluding carboxylic acids is 1. The third-order valence-electron chi connectivity index (χ3n) is 2.24. The zero-order valence-corrected chi connectivity index (χ0v) is 10.0. The van der Waals surface area contributed by atoms with Gasteiger partial charge in [0.1, 0.15) is 0 Å². The van der Waals surface area contributed by atoms with Gasteiger partial charge in [0.15, 0.2) is 0 Å². The molecule has 1 aromatic heterocycles. The fraction of sp³-hybridized carbons (Fsp3) is 0.583. The Morgan fingerprint density at radius 1 is 1.33 bits per heavy atom. The maximum absolute atomic E-state index is 11.4. The molecule has 3 heteroatoms. The molecule has 1 rings (SSSR count). The highest BCUT2D eigenvalue weighted by Crippen LogP contribution is 2.08. The Bertz CT molecular complexity index is 267. The molecular weight excluding hydrogens is 208 g/mol. The highest BCUT2D eigenvalue weighted by Gasteiger charge is 2.05. The van der Waals surface area contributed by atoms with Crippen LogP contribution in [0.1, 0.15) is 49.4 Å². The molecule has 0 N–H and O–H groups in total. The van der Waals surface area contributed by atoms with Gasteiger partial charge in [-0.15, -0.1) is 0 Å². The maximum Gasteiger partial charge on any atom is 0.338 e. The molecule has 0 aliphatic heterocycles. The van der Waals surface area contributed by atoms with Crippen LogP contribution in [0, 0.1) is 0 Å². The van der Waals surface area contributed by atoms with E-state index >= 15 is 0 Å². The van der Waals surface area contributed by atoms with Crippen molar-refractivity contribution in [1.82, 2.24) is 0 Å². The topological polar surface area (TPSA) is 26.3 Å². The van der Waals surface area contributed by atoms with Gasteiger partial charge in [0.2, 0.25) is 0 Å². The molecule has 1 heterocycles. The van der Waals surface area contributed by atoms with E-state index in [2.05, 4.69) is 6.92 Å². The van der Waals surface area contributed by atoms with Crippen LogP contribution in [-0.2, 0) is 4.74 Å². The van der Waals surface area contributed by atoms with Gasteiger partial charge in [-0.1, -0.05) is 32.6 Å². The van der Waals surface area contributed by atoms with Crippen molar-refractivity contribution >= 4 is 17.3 Å². The molecule has 0 aliphatic rings. The minimum atomic E-state index is -0.188. The van der Waals surface area contributed by atoms with Gasteiger partial charge in [-0.05, 0) is 17.9 Å². The van der Waals surface area contributed by atoms with E-state index in [1.807, 2.05) is 10.8 Å². The van der Waals surface area contributed by atoms with Gasteiger partial charge in [0.05, 0.1) is 12.2 Å². The molecule has 0 radical (unpaired) electrons. The first-order chi connectivity index (χ1) is 7.34. The van der Waals surface area contributed by atoms with Gasteiger partial charge in [-0.25, -0.2) is 4.79 Å².